The fourth-order valence-corrected chi connectivity index (χ4v) is 8.11. The van der Waals surface area contributed by atoms with Gasteiger partial charge in [-0.3, -0.25) is 19.2 Å². The summed E-state index contributed by atoms with van der Waals surface area (Å²) in [7, 11) is 0. The van der Waals surface area contributed by atoms with Crippen LogP contribution in [0.15, 0.2) is 54.6 Å². The van der Waals surface area contributed by atoms with Crippen molar-refractivity contribution in [1.82, 2.24) is 4.90 Å². The fraction of sp³-hybridized carbons (Fsp3) is 0.550. The molecule has 10 nitrogen and oxygen atoms in total. The average molecular weight is 685 g/mol. The molecule has 0 saturated carbocycles. The van der Waals surface area contributed by atoms with Crippen LogP contribution in [-0.2, 0) is 31.3 Å². The maximum Gasteiger partial charge on any atom is 0.264 e. The van der Waals surface area contributed by atoms with E-state index in [0.29, 0.717) is 49.4 Å². The number of carbonyl (C=O) groups is 4. The van der Waals surface area contributed by atoms with Crippen LogP contribution in [0.5, 0.6) is 0 Å². The van der Waals surface area contributed by atoms with Crippen LogP contribution in [0.25, 0.3) is 0 Å². The summed E-state index contributed by atoms with van der Waals surface area (Å²) in [6.07, 6.45) is 14.0. The maximum absolute atomic E-state index is 14.5. The van der Waals surface area contributed by atoms with E-state index >= 15 is 0 Å². The highest BCUT2D eigenvalue weighted by atomic mass is 16.3. The van der Waals surface area contributed by atoms with Crippen LogP contribution in [0.4, 0.5) is 17.1 Å². The molecule has 3 saturated heterocycles. The first-order valence-corrected chi connectivity index (χ1v) is 18.7. The number of aliphatic hydroxyl groups is 2. The van der Waals surface area contributed by atoms with E-state index in [9.17, 15) is 29.4 Å². The van der Waals surface area contributed by atoms with Crippen LogP contribution in [0.1, 0.15) is 102 Å². The van der Waals surface area contributed by atoms with Crippen LogP contribution >= 0.6 is 0 Å². The van der Waals surface area contributed by atoms with Crippen LogP contribution < -0.4 is 14.7 Å². The Morgan fingerprint density at radius 3 is 2.20 bits per heavy atom. The molecule has 0 bridgehead atoms. The Morgan fingerprint density at radius 1 is 0.860 bits per heavy atom. The van der Waals surface area contributed by atoms with Gasteiger partial charge in [0.05, 0.1) is 24.9 Å². The van der Waals surface area contributed by atoms with Gasteiger partial charge in [-0.15, -0.1) is 0 Å². The number of amides is 4. The van der Waals surface area contributed by atoms with Crippen molar-refractivity contribution in [2.45, 2.75) is 109 Å². The smallest absolute Gasteiger partial charge is 0.264 e. The molecule has 0 spiro atoms. The predicted molar refractivity (Wildman–Crippen MR) is 194 cm³/mol. The monoisotopic (exact) mass is 684 g/mol. The number of anilines is 3. The van der Waals surface area contributed by atoms with Crippen LogP contribution in [0.3, 0.4) is 0 Å². The SMILES string of the molecule is C[C@H](/C=C/CC(=O)N1CCC[C@H]1CO)[C@@]1(O)C(=O)N(Cc2cccc(N3CCCCCCC3=O)c2)c2ccc(N3CCCCCCC3=O)cc21. The lowest BCUT2D eigenvalue weighted by Crippen LogP contribution is -2.44. The maximum atomic E-state index is 14.5. The van der Waals surface area contributed by atoms with Crippen molar-refractivity contribution in [2.24, 2.45) is 5.92 Å². The Labute approximate surface area is 295 Å². The molecular formula is C40H52N4O6. The van der Waals surface area contributed by atoms with E-state index in [1.807, 2.05) is 41.3 Å². The average Bonchev–Trinajstić information content (AvgIpc) is 3.66. The van der Waals surface area contributed by atoms with Gasteiger partial charge in [-0.05, 0) is 74.4 Å². The van der Waals surface area contributed by atoms with Gasteiger partial charge in [-0.2, -0.15) is 0 Å². The second kappa shape index (κ2) is 15.9. The van der Waals surface area contributed by atoms with E-state index in [2.05, 4.69) is 0 Å². The lowest BCUT2D eigenvalue weighted by atomic mass is 9.82. The Kier molecular flexibility index (Phi) is 11.4. The molecule has 4 aliphatic rings. The van der Waals surface area contributed by atoms with Crippen molar-refractivity contribution in [3.8, 4) is 0 Å². The van der Waals surface area contributed by atoms with E-state index in [1.54, 1.807) is 39.8 Å². The predicted octanol–water partition coefficient (Wildman–Crippen LogP) is 5.58. The number of benzene rings is 2. The molecule has 3 atom stereocenters. The van der Waals surface area contributed by atoms with Crippen molar-refractivity contribution >= 4 is 40.7 Å². The largest absolute Gasteiger partial charge is 0.394 e. The van der Waals surface area contributed by atoms with Crippen molar-refractivity contribution in [3.63, 3.8) is 0 Å². The highest BCUT2D eigenvalue weighted by Crippen LogP contribution is 2.47. The van der Waals surface area contributed by atoms with Crippen LogP contribution in [-0.4, -0.2) is 71.0 Å². The third kappa shape index (κ3) is 7.37. The summed E-state index contributed by atoms with van der Waals surface area (Å²) < 4.78 is 0. The minimum Gasteiger partial charge on any atom is -0.394 e. The van der Waals surface area contributed by atoms with Crippen molar-refractivity contribution in [1.29, 1.82) is 0 Å². The number of aliphatic hydroxyl groups excluding tert-OH is 1. The summed E-state index contributed by atoms with van der Waals surface area (Å²) >= 11 is 0. The highest BCUT2D eigenvalue weighted by Gasteiger charge is 2.53. The van der Waals surface area contributed by atoms with Gasteiger partial charge in [0, 0.05) is 61.8 Å². The number of likely N-dealkylation sites (tertiary alicyclic amines) is 1. The highest BCUT2D eigenvalue weighted by molar-refractivity contribution is 6.08. The molecule has 2 N–H and O–H groups in total. The molecule has 3 fully saturated rings. The third-order valence-corrected chi connectivity index (χ3v) is 11.1. The Morgan fingerprint density at radius 2 is 1.52 bits per heavy atom. The number of hydrogen-bond donors (Lipinski definition) is 2. The summed E-state index contributed by atoms with van der Waals surface area (Å²) in [6, 6.07) is 13.1. The first kappa shape index (κ1) is 35.8. The summed E-state index contributed by atoms with van der Waals surface area (Å²) in [5, 5.41) is 22.2. The zero-order valence-electron chi connectivity index (χ0n) is 29.4. The Balaban J connectivity index is 1.30. The molecule has 0 radical (unpaired) electrons. The molecule has 268 valence electrons. The Bertz CT molecular complexity index is 1610. The molecule has 50 heavy (non-hydrogen) atoms. The standard InChI is InChI=1S/C40H52N4O6/c1-29(13-10-19-38(48)43-24-12-16-33(43)28-45)40(50)34-26-32(42-23-9-5-3-7-18-37(42)47)20-21-35(34)44(39(40)49)27-30-14-11-15-31(25-30)41-22-8-4-2-6-17-36(41)46/h10-11,13-15,20-21,25-26,29,33,45,50H,2-9,12,16-19,22-24,27-28H2,1H3/b13-10+/t29-,33+,40+/m1/s1. The van der Waals surface area contributed by atoms with Crippen molar-refractivity contribution < 1.29 is 29.4 Å². The minimum absolute atomic E-state index is 0.0412. The normalized spacial score (nSPS) is 24.3. The zero-order valence-corrected chi connectivity index (χ0v) is 29.4. The first-order valence-electron chi connectivity index (χ1n) is 18.7. The summed E-state index contributed by atoms with van der Waals surface area (Å²) in [6.45, 7) is 3.77. The van der Waals surface area contributed by atoms with Crippen molar-refractivity contribution in [3.05, 3.63) is 65.7 Å². The van der Waals surface area contributed by atoms with E-state index in [4.69, 9.17) is 0 Å². The van der Waals surface area contributed by atoms with Crippen molar-refractivity contribution in [2.75, 3.05) is 40.9 Å². The molecule has 0 aromatic heterocycles. The fourth-order valence-electron chi connectivity index (χ4n) is 8.11. The van der Waals surface area contributed by atoms with Gasteiger partial charge in [-0.1, -0.05) is 56.9 Å². The van der Waals surface area contributed by atoms with Gasteiger partial charge in [0.1, 0.15) is 0 Å². The zero-order chi connectivity index (χ0) is 35.3. The third-order valence-electron chi connectivity index (χ3n) is 11.1. The molecule has 4 heterocycles. The molecule has 2 aromatic rings. The van der Waals surface area contributed by atoms with Gasteiger partial charge in [-0.25, -0.2) is 0 Å². The minimum atomic E-state index is -1.94. The topological polar surface area (TPSA) is 122 Å². The van der Waals surface area contributed by atoms with E-state index in [0.717, 1.165) is 75.5 Å². The second-order valence-electron chi connectivity index (χ2n) is 14.4. The summed E-state index contributed by atoms with van der Waals surface area (Å²) in [5.74, 6) is -1.10. The van der Waals surface area contributed by atoms with E-state index in [-0.39, 0.29) is 43.3 Å². The molecule has 6 rings (SSSR count). The van der Waals surface area contributed by atoms with Gasteiger partial charge < -0.3 is 29.8 Å². The number of nitrogens with zero attached hydrogens (tertiary/aromatic N) is 4. The molecule has 0 aliphatic carbocycles. The summed E-state index contributed by atoms with van der Waals surface area (Å²) in [5.41, 5.74) is 1.39. The molecule has 10 heteroatoms. The van der Waals surface area contributed by atoms with Gasteiger partial charge in [0.15, 0.2) is 5.60 Å². The molecule has 4 aliphatic heterocycles. The van der Waals surface area contributed by atoms with Crippen LogP contribution in [0, 0.1) is 5.92 Å². The quantitative estimate of drug-likeness (QED) is 0.333. The molecule has 4 amide bonds. The summed E-state index contributed by atoms with van der Waals surface area (Å²) in [4.78, 5) is 60.6. The molecule has 2 aromatic carbocycles. The number of hydrogen-bond acceptors (Lipinski definition) is 6. The molecular weight excluding hydrogens is 632 g/mol. The van der Waals surface area contributed by atoms with Crippen LogP contribution in [0.2, 0.25) is 0 Å². The van der Waals surface area contributed by atoms with Gasteiger partial charge in [0.2, 0.25) is 17.7 Å². The van der Waals surface area contributed by atoms with E-state index < -0.39 is 17.4 Å². The Hall–Kier alpha value is -4.02. The number of rotatable bonds is 9. The van der Waals surface area contributed by atoms with E-state index in [1.165, 1.54) is 0 Å². The molecule has 0 unspecified atom stereocenters. The lowest BCUT2D eigenvalue weighted by Gasteiger charge is -2.29. The first-order chi connectivity index (χ1) is 24.2. The van der Waals surface area contributed by atoms with Gasteiger partial charge >= 0.3 is 0 Å². The lowest BCUT2D eigenvalue weighted by molar-refractivity contribution is -0.139. The number of carbonyl (C=O) groups excluding carboxylic acids is 4. The number of fused-ring (bicyclic) bond motifs is 1. The van der Waals surface area contributed by atoms with Gasteiger partial charge in [0.25, 0.3) is 5.91 Å². The second-order valence-corrected chi connectivity index (χ2v) is 14.4.